The van der Waals surface area contributed by atoms with Crippen molar-refractivity contribution < 1.29 is 4.42 Å². The lowest BCUT2D eigenvalue weighted by atomic mass is 9.95. The van der Waals surface area contributed by atoms with Gasteiger partial charge in [0.25, 0.3) is 0 Å². The number of nitrogens with zero attached hydrogens (tertiary/aromatic N) is 1. The summed E-state index contributed by atoms with van der Waals surface area (Å²) >= 11 is 0. The van der Waals surface area contributed by atoms with E-state index in [0.717, 1.165) is 50.1 Å². The molecule has 2 nitrogen and oxygen atoms in total. The molecule has 1 aromatic heterocycles. The summed E-state index contributed by atoms with van der Waals surface area (Å²) in [6, 6.07) is 76.5. The number of furan rings is 1. The molecule has 1 heterocycles. The summed E-state index contributed by atoms with van der Waals surface area (Å²) < 4.78 is 6.27. The molecule has 56 heavy (non-hydrogen) atoms. The zero-order valence-electron chi connectivity index (χ0n) is 30.6. The van der Waals surface area contributed by atoms with Crippen molar-refractivity contribution in [2.75, 3.05) is 4.90 Å². The van der Waals surface area contributed by atoms with Gasteiger partial charge in [-0.3, -0.25) is 0 Å². The smallest absolute Gasteiger partial charge is 0.136 e. The molecule has 0 bridgehead atoms. The van der Waals surface area contributed by atoms with Gasteiger partial charge in [0, 0.05) is 27.8 Å². The van der Waals surface area contributed by atoms with Crippen LogP contribution in [0, 0.1) is 0 Å². The SMILES string of the molecule is c1ccc(-c2ccc(N(c3ccc(-c4ccc5c(ccc6c7ccccc7ccc56)c4)cc3)c3cccc(-c4cccc5oc6ccccc6c45)c3)cc2)cc1. The zero-order chi connectivity index (χ0) is 37.0. The fraction of sp³-hybridized carbons (Fsp3) is 0. The Hall–Kier alpha value is -7.42. The molecule has 0 fully saturated rings. The Labute approximate surface area is 325 Å². The van der Waals surface area contributed by atoms with Crippen LogP contribution < -0.4 is 4.90 Å². The van der Waals surface area contributed by atoms with Gasteiger partial charge < -0.3 is 9.32 Å². The van der Waals surface area contributed by atoms with E-state index in [4.69, 9.17) is 4.42 Å². The second kappa shape index (κ2) is 13.2. The Bertz CT molecular complexity index is 3230. The first-order valence-electron chi connectivity index (χ1n) is 19.2. The first-order chi connectivity index (χ1) is 27.7. The third-order valence-corrected chi connectivity index (χ3v) is 11.3. The second-order valence-electron chi connectivity index (χ2n) is 14.5. The highest BCUT2D eigenvalue weighted by atomic mass is 16.3. The van der Waals surface area contributed by atoms with Gasteiger partial charge >= 0.3 is 0 Å². The Morgan fingerprint density at radius 1 is 0.286 bits per heavy atom. The van der Waals surface area contributed by atoms with E-state index in [0.29, 0.717) is 0 Å². The second-order valence-corrected chi connectivity index (χ2v) is 14.5. The van der Waals surface area contributed by atoms with E-state index in [1.165, 1.54) is 54.6 Å². The number of rotatable bonds is 6. The van der Waals surface area contributed by atoms with Crippen molar-refractivity contribution in [2.24, 2.45) is 0 Å². The molecule has 0 saturated heterocycles. The van der Waals surface area contributed by atoms with E-state index in [9.17, 15) is 0 Å². The fourth-order valence-corrected chi connectivity index (χ4v) is 8.52. The molecule has 0 radical (unpaired) electrons. The summed E-state index contributed by atoms with van der Waals surface area (Å²) in [5.41, 5.74) is 12.1. The Morgan fingerprint density at radius 3 is 1.62 bits per heavy atom. The van der Waals surface area contributed by atoms with Gasteiger partial charge in [-0.05, 0) is 120 Å². The number of para-hydroxylation sites is 1. The van der Waals surface area contributed by atoms with Crippen LogP contribution in [-0.2, 0) is 0 Å². The molecule has 0 aliphatic rings. The molecule has 0 amide bonds. The molecule has 0 unspecified atom stereocenters. The molecule has 0 aliphatic heterocycles. The van der Waals surface area contributed by atoms with Crippen molar-refractivity contribution in [3.05, 3.63) is 212 Å². The lowest BCUT2D eigenvalue weighted by Gasteiger charge is -2.26. The summed E-state index contributed by atoms with van der Waals surface area (Å²) in [4.78, 5) is 2.35. The molecule has 0 aliphatic carbocycles. The minimum absolute atomic E-state index is 0.897. The molecule has 262 valence electrons. The van der Waals surface area contributed by atoms with E-state index in [1.54, 1.807) is 0 Å². The van der Waals surface area contributed by atoms with Crippen LogP contribution in [0.25, 0.3) is 87.6 Å². The quantitative estimate of drug-likeness (QED) is 0.160. The molecule has 11 rings (SSSR count). The zero-order valence-corrected chi connectivity index (χ0v) is 30.6. The summed E-state index contributed by atoms with van der Waals surface area (Å²) in [5.74, 6) is 0. The van der Waals surface area contributed by atoms with Crippen LogP contribution in [0.4, 0.5) is 17.1 Å². The number of benzene rings is 10. The third-order valence-electron chi connectivity index (χ3n) is 11.3. The maximum atomic E-state index is 6.27. The van der Waals surface area contributed by atoms with Crippen LogP contribution in [-0.4, -0.2) is 0 Å². The van der Waals surface area contributed by atoms with Crippen LogP contribution in [0.15, 0.2) is 217 Å². The molecule has 11 aromatic rings. The number of hydrogen-bond donors (Lipinski definition) is 0. The lowest BCUT2D eigenvalue weighted by Crippen LogP contribution is -2.10. The number of fused-ring (bicyclic) bond motifs is 8. The molecular weight excluding hydrogens is 679 g/mol. The highest BCUT2D eigenvalue weighted by Gasteiger charge is 2.17. The molecule has 0 saturated carbocycles. The molecule has 10 aromatic carbocycles. The third kappa shape index (κ3) is 5.42. The van der Waals surface area contributed by atoms with Crippen molar-refractivity contribution in [1.82, 2.24) is 0 Å². The molecule has 0 N–H and O–H groups in total. The Kier molecular flexibility index (Phi) is 7.53. The molecule has 0 atom stereocenters. The van der Waals surface area contributed by atoms with Crippen molar-refractivity contribution in [3.63, 3.8) is 0 Å². The van der Waals surface area contributed by atoms with Gasteiger partial charge in [0.05, 0.1) is 0 Å². The maximum absolute atomic E-state index is 6.27. The first-order valence-corrected chi connectivity index (χ1v) is 19.2. The number of hydrogen-bond acceptors (Lipinski definition) is 2. The standard InChI is InChI=1S/C54H35NO/c1-2-10-36(11-3-1)37-20-27-43(28-21-37)55(45-14-8-13-41(35-45)48-17-9-19-53-54(48)51-16-6-7-18-52(51)56-53)44-29-22-38(23-30-44)40-25-31-47-42(34-40)26-33-49-46-15-5-4-12-39(46)24-32-50(47)49/h1-35H. The highest BCUT2D eigenvalue weighted by Crippen LogP contribution is 2.42. The van der Waals surface area contributed by atoms with E-state index >= 15 is 0 Å². The van der Waals surface area contributed by atoms with E-state index in [2.05, 4.69) is 205 Å². The molecule has 2 heteroatoms. The van der Waals surface area contributed by atoms with E-state index in [1.807, 2.05) is 12.1 Å². The van der Waals surface area contributed by atoms with Crippen LogP contribution >= 0.6 is 0 Å². The lowest BCUT2D eigenvalue weighted by molar-refractivity contribution is 0.669. The summed E-state index contributed by atoms with van der Waals surface area (Å²) in [7, 11) is 0. The van der Waals surface area contributed by atoms with Crippen molar-refractivity contribution in [3.8, 4) is 33.4 Å². The highest BCUT2D eigenvalue weighted by molar-refractivity contribution is 6.17. The largest absolute Gasteiger partial charge is 0.456 e. The topological polar surface area (TPSA) is 16.4 Å². The summed E-state index contributed by atoms with van der Waals surface area (Å²) in [5, 5.41) is 9.93. The number of anilines is 3. The monoisotopic (exact) mass is 713 g/mol. The van der Waals surface area contributed by atoms with Crippen LogP contribution in [0.1, 0.15) is 0 Å². The summed E-state index contributed by atoms with van der Waals surface area (Å²) in [6.45, 7) is 0. The van der Waals surface area contributed by atoms with E-state index < -0.39 is 0 Å². The van der Waals surface area contributed by atoms with E-state index in [-0.39, 0.29) is 0 Å². The van der Waals surface area contributed by atoms with Crippen molar-refractivity contribution in [1.29, 1.82) is 0 Å². The Balaban J connectivity index is 1.00. The fourth-order valence-electron chi connectivity index (χ4n) is 8.52. The summed E-state index contributed by atoms with van der Waals surface area (Å²) in [6.07, 6.45) is 0. The first kappa shape index (κ1) is 32.0. The van der Waals surface area contributed by atoms with Crippen LogP contribution in [0.3, 0.4) is 0 Å². The van der Waals surface area contributed by atoms with Crippen LogP contribution in [0.2, 0.25) is 0 Å². The minimum Gasteiger partial charge on any atom is -0.456 e. The van der Waals surface area contributed by atoms with Gasteiger partial charge in [-0.15, -0.1) is 0 Å². The predicted molar refractivity (Wildman–Crippen MR) is 237 cm³/mol. The van der Waals surface area contributed by atoms with Gasteiger partial charge in [0.15, 0.2) is 0 Å². The van der Waals surface area contributed by atoms with Crippen molar-refractivity contribution >= 4 is 71.3 Å². The average molecular weight is 714 g/mol. The minimum atomic E-state index is 0.897. The van der Waals surface area contributed by atoms with Crippen LogP contribution in [0.5, 0.6) is 0 Å². The van der Waals surface area contributed by atoms with Gasteiger partial charge in [0.2, 0.25) is 0 Å². The molecule has 0 spiro atoms. The average Bonchev–Trinajstić information content (AvgIpc) is 3.66. The molecular formula is C54H35NO. The van der Waals surface area contributed by atoms with Gasteiger partial charge in [-0.2, -0.15) is 0 Å². The maximum Gasteiger partial charge on any atom is 0.136 e. The van der Waals surface area contributed by atoms with Gasteiger partial charge in [-0.25, -0.2) is 0 Å². The normalized spacial score (nSPS) is 11.6. The van der Waals surface area contributed by atoms with Crippen molar-refractivity contribution in [2.45, 2.75) is 0 Å². The van der Waals surface area contributed by atoms with Gasteiger partial charge in [-0.1, -0.05) is 158 Å². The predicted octanol–water partition coefficient (Wildman–Crippen LogP) is 15.5. The van der Waals surface area contributed by atoms with Gasteiger partial charge in [0.1, 0.15) is 11.2 Å². The Morgan fingerprint density at radius 2 is 0.839 bits per heavy atom.